The first-order valence-electron chi connectivity index (χ1n) is 11.5. The van der Waals surface area contributed by atoms with Gasteiger partial charge in [-0.25, -0.2) is 0 Å². The largest absolute Gasteiger partial charge is 0.454 e. The number of ether oxygens (including phenoxy) is 2. The molecular formula is C25H27N5O4S. The smallest absolute Gasteiger partial charge is 0.252 e. The zero-order chi connectivity index (χ0) is 24.5. The first-order chi connectivity index (χ1) is 16.9. The summed E-state index contributed by atoms with van der Waals surface area (Å²) in [5, 5.41) is 12.4. The fourth-order valence-corrected chi connectivity index (χ4v) is 5.11. The van der Waals surface area contributed by atoms with Gasteiger partial charge in [0.2, 0.25) is 12.7 Å². The quantitative estimate of drug-likeness (QED) is 0.504. The van der Waals surface area contributed by atoms with Crippen molar-refractivity contribution in [2.75, 3.05) is 24.0 Å². The molecule has 1 aromatic heterocycles. The molecule has 0 spiro atoms. The summed E-state index contributed by atoms with van der Waals surface area (Å²) in [5.41, 5.74) is 2.67. The van der Waals surface area contributed by atoms with E-state index < -0.39 is 0 Å². The van der Waals surface area contributed by atoms with E-state index in [4.69, 9.17) is 9.47 Å². The number of nitrogens with one attached hydrogen (secondary N) is 1. The molecule has 1 unspecified atom stereocenters. The number of anilines is 1. The summed E-state index contributed by atoms with van der Waals surface area (Å²) >= 11 is 1.35. The van der Waals surface area contributed by atoms with Crippen LogP contribution in [0.5, 0.6) is 11.5 Å². The van der Waals surface area contributed by atoms with Gasteiger partial charge in [0.15, 0.2) is 22.5 Å². The third-order valence-electron chi connectivity index (χ3n) is 6.25. The predicted octanol–water partition coefficient (Wildman–Crippen LogP) is 3.35. The molecule has 2 aliphatic heterocycles. The zero-order valence-corrected chi connectivity index (χ0v) is 20.7. The molecule has 10 heteroatoms. The van der Waals surface area contributed by atoms with Crippen LogP contribution < -0.4 is 19.7 Å². The van der Waals surface area contributed by atoms with Crippen LogP contribution in [0.4, 0.5) is 5.69 Å². The lowest BCUT2D eigenvalue weighted by Crippen LogP contribution is -2.33. The van der Waals surface area contributed by atoms with Crippen molar-refractivity contribution in [3.8, 4) is 11.5 Å². The Balaban J connectivity index is 1.26. The summed E-state index contributed by atoms with van der Waals surface area (Å²) in [6, 6.07) is 12.8. The van der Waals surface area contributed by atoms with Crippen LogP contribution in [0.2, 0.25) is 0 Å². The normalized spacial score (nSPS) is 14.8. The van der Waals surface area contributed by atoms with Gasteiger partial charge in [0.1, 0.15) is 0 Å². The molecule has 9 nitrogen and oxygen atoms in total. The maximum Gasteiger partial charge on any atom is 0.252 e. The molecule has 3 heterocycles. The zero-order valence-electron chi connectivity index (χ0n) is 19.9. The number of carbonyl (C=O) groups excluding carboxylic acids is 2. The van der Waals surface area contributed by atoms with Crippen LogP contribution in [-0.2, 0) is 18.3 Å². The second kappa shape index (κ2) is 9.61. The Hall–Kier alpha value is -3.53. The SMILES string of the molecule is CC(C)C(NC(=O)c1ccc2c(c1)OCO2)c1nnc(SCC(=O)N2CCc3ccccc32)n1C. The van der Waals surface area contributed by atoms with E-state index >= 15 is 0 Å². The van der Waals surface area contributed by atoms with Gasteiger partial charge in [-0.1, -0.05) is 43.8 Å². The maximum absolute atomic E-state index is 13.0. The van der Waals surface area contributed by atoms with Gasteiger partial charge in [0.25, 0.3) is 5.91 Å². The van der Waals surface area contributed by atoms with Crippen LogP contribution in [0.15, 0.2) is 47.6 Å². The molecule has 0 saturated carbocycles. The lowest BCUT2D eigenvalue weighted by molar-refractivity contribution is -0.116. The van der Waals surface area contributed by atoms with E-state index in [0.717, 1.165) is 12.1 Å². The molecule has 0 saturated heterocycles. The molecule has 2 aromatic carbocycles. The minimum atomic E-state index is -0.360. The van der Waals surface area contributed by atoms with Gasteiger partial charge in [0.05, 0.1) is 11.8 Å². The number of thioether (sulfide) groups is 1. The Morgan fingerprint density at radius 3 is 2.74 bits per heavy atom. The van der Waals surface area contributed by atoms with Crippen LogP contribution in [-0.4, -0.2) is 45.7 Å². The van der Waals surface area contributed by atoms with Gasteiger partial charge in [0, 0.05) is 24.8 Å². The molecule has 0 aliphatic carbocycles. The van der Waals surface area contributed by atoms with E-state index in [-0.39, 0.29) is 36.3 Å². The summed E-state index contributed by atoms with van der Waals surface area (Å²) in [6.07, 6.45) is 0.875. The average Bonchev–Trinajstić information content (AvgIpc) is 3.58. The van der Waals surface area contributed by atoms with Crippen LogP contribution >= 0.6 is 11.8 Å². The third kappa shape index (κ3) is 4.58. The molecule has 1 atom stereocenters. The van der Waals surface area contributed by atoms with Crippen molar-refractivity contribution in [2.24, 2.45) is 13.0 Å². The fourth-order valence-electron chi connectivity index (χ4n) is 4.32. The molecule has 0 bridgehead atoms. The van der Waals surface area contributed by atoms with E-state index in [9.17, 15) is 9.59 Å². The first-order valence-corrected chi connectivity index (χ1v) is 12.5. The highest BCUT2D eigenvalue weighted by molar-refractivity contribution is 7.99. The Bertz CT molecular complexity index is 1270. The Morgan fingerprint density at radius 2 is 1.91 bits per heavy atom. The van der Waals surface area contributed by atoms with E-state index in [1.54, 1.807) is 18.2 Å². The molecule has 3 aromatic rings. The highest BCUT2D eigenvalue weighted by atomic mass is 32.2. The molecule has 0 fully saturated rings. The summed E-state index contributed by atoms with van der Waals surface area (Å²) in [6.45, 7) is 4.88. The molecule has 0 radical (unpaired) electrons. The number of rotatable bonds is 7. The Morgan fingerprint density at radius 1 is 1.11 bits per heavy atom. The monoisotopic (exact) mass is 493 g/mol. The highest BCUT2D eigenvalue weighted by Crippen LogP contribution is 2.33. The molecular weight excluding hydrogens is 466 g/mol. The van der Waals surface area contributed by atoms with E-state index in [1.807, 2.05) is 48.6 Å². The van der Waals surface area contributed by atoms with Gasteiger partial charge >= 0.3 is 0 Å². The van der Waals surface area contributed by atoms with Crippen LogP contribution in [0.1, 0.15) is 41.6 Å². The number of hydrogen-bond acceptors (Lipinski definition) is 7. The van der Waals surface area contributed by atoms with Crippen molar-refractivity contribution in [2.45, 2.75) is 31.5 Å². The third-order valence-corrected chi connectivity index (χ3v) is 7.25. The van der Waals surface area contributed by atoms with E-state index in [1.165, 1.54) is 17.3 Å². The van der Waals surface area contributed by atoms with Crippen molar-refractivity contribution in [3.05, 3.63) is 59.4 Å². The minimum Gasteiger partial charge on any atom is -0.454 e. The predicted molar refractivity (Wildman–Crippen MR) is 132 cm³/mol. The van der Waals surface area contributed by atoms with Gasteiger partial charge < -0.3 is 24.3 Å². The number of nitrogens with zero attached hydrogens (tertiary/aromatic N) is 4. The topological polar surface area (TPSA) is 98.6 Å². The van der Waals surface area contributed by atoms with Gasteiger partial charge in [-0.05, 0) is 42.2 Å². The molecule has 1 N–H and O–H groups in total. The first kappa shape index (κ1) is 23.2. The number of amides is 2. The molecule has 5 rings (SSSR count). The number of benzene rings is 2. The number of hydrogen-bond donors (Lipinski definition) is 1. The summed E-state index contributed by atoms with van der Waals surface area (Å²) in [5.74, 6) is 1.95. The highest BCUT2D eigenvalue weighted by Gasteiger charge is 2.28. The summed E-state index contributed by atoms with van der Waals surface area (Å²) in [7, 11) is 1.86. The van der Waals surface area contributed by atoms with Crippen LogP contribution in [0, 0.1) is 5.92 Å². The average molecular weight is 494 g/mol. The van der Waals surface area contributed by atoms with E-state index in [2.05, 4.69) is 21.6 Å². The fraction of sp³-hybridized carbons (Fsp3) is 0.360. The Kier molecular flexibility index (Phi) is 6.38. The Labute approximate surface area is 207 Å². The lowest BCUT2D eigenvalue weighted by atomic mass is 10.0. The van der Waals surface area contributed by atoms with Crippen molar-refractivity contribution in [1.82, 2.24) is 20.1 Å². The minimum absolute atomic E-state index is 0.0426. The standard InChI is InChI=1S/C25H27N5O4S/c1-15(2)22(26-24(32)17-8-9-19-20(12-17)34-14-33-19)23-27-28-25(29(23)3)35-13-21(31)30-11-10-16-6-4-5-7-18(16)30/h4-9,12,15,22H,10-11,13-14H2,1-3H3,(H,26,32). The number of fused-ring (bicyclic) bond motifs is 2. The number of carbonyl (C=O) groups is 2. The number of aromatic nitrogens is 3. The molecule has 35 heavy (non-hydrogen) atoms. The maximum atomic E-state index is 13.0. The second-order valence-electron chi connectivity index (χ2n) is 8.88. The van der Waals surface area contributed by atoms with Gasteiger partial charge in [-0.2, -0.15) is 0 Å². The summed E-state index contributed by atoms with van der Waals surface area (Å²) < 4.78 is 12.6. The number of para-hydroxylation sites is 1. The van der Waals surface area contributed by atoms with Crippen LogP contribution in [0.25, 0.3) is 0 Å². The van der Waals surface area contributed by atoms with Crippen molar-refractivity contribution in [3.63, 3.8) is 0 Å². The second-order valence-corrected chi connectivity index (χ2v) is 9.82. The van der Waals surface area contributed by atoms with Crippen molar-refractivity contribution in [1.29, 1.82) is 0 Å². The molecule has 182 valence electrons. The van der Waals surface area contributed by atoms with Crippen LogP contribution in [0.3, 0.4) is 0 Å². The lowest BCUT2D eigenvalue weighted by Gasteiger charge is -2.22. The summed E-state index contributed by atoms with van der Waals surface area (Å²) in [4.78, 5) is 27.7. The van der Waals surface area contributed by atoms with Crippen molar-refractivity contribution < 1.29 is 19.1 Å². The molecule has 2 aliphatic rings. The van der Waals surface area contributed by atoms with Crippen molar-refractivity contribution >= 4 is 29.3 Å². The van der Waals surface area contributed by atoms with Gasteiger partial charge in [-0.3, -0.25) is 9.59 Å². The molecule has 2 amide bonds. The van der Waals surface area contributed by atoms with E-state index in [0.29, 0.717) is 34.6 Å². The van der Waals surface area contributed by atoms with Gasteiger partial charge in [-0.15, -0.1) is 10.2 Å².